The molecule has 2 N–H and O–H groups in total. The number of anilines is 1. The molecule has 1 aliphatic rings. The van der Waals surface area contributed by atoms with Gasteiger partial charge < -0.3 is 15.4 Å². The van der Waals surface area contributed by atoms with Gasteiger partial charge in [-0.2, -0.15) is 18.4 Å². The number of rotatable bonds is 6. The number of hydrogen-bond acceptors (Lipinski definition) is 4. The quantitative estimate of drug-likeness (QED) is 0.601. The highest BCUT2D eigenvalue weighted by atomic mass is 19.4. The second kappa shape index (κ2) is 10.2. The summed E-state index contributed by atoms with van der Waals surface area (Å²) in [6.45, 7) is 2.12. The lowest BCUT2D eigenvalue weighted by Gasteiger charge is -2.27. The summed E-state index contributed by atoms with van der Waals surface area (Å²) < 4.78 is 44.7. The van der Waals surface area contributed by atoms with Crippen molar-refractivity contribution in [2.75, 3.05) is 11.9 Å². The van der Waals surface area contributed by atoms with Crippen LogP contribution in [0.5, 0.6) is 0 Å². The van der Waals surface area contributed by atoms with Crippen molar-refractivity contribution < 1.29 is 27.5 Å². The van der Waals surface area contributed by atoms with Crippen molar-refractivity contribution in [1.82, 2.24) is 5.32 Å². The zero-order chi connectivity index (χ0) is 24.0. The van der Waals surface area contributed by atoms with Crippen LogP contribution in [-0.2, 0) is 15.7 Å². The minimum absolute atomic E-state index is 0.0464. The normalized spacial score (nSPS) is 14.9. The highest BCUT2D eigenvalue weighted by Gasteiger charge is 2.32. The molecule has 172 valence electrons. The van der Waals surface area contributed by atoms with Gasteiger partial charge in [-0.05, 0) is 49.2 Å². The van der Waals surface area contributed by atoms with E-state index in [1.54, 1.807) is 31.2 Å². The highest BCUT2D eigenvalue weighted by Crippen LogP contribution is 2.34. The minimum Gasteiger partial charge on any atom is -0.498 e. The first-order chi connectivity index (χ1) is 15.7. The number of nitriles is 1. The number of carbonyl (C=O) groups excluding carboxylic acids is 2. The van der Waals surface area contributed by atoms with Crippen LogP contribution in [0.15, 0.2) is 59.9 Å². The van der Waals surface area contributed by atoms with Crippen molar-refractivity contribution in [3.8, 4) is 6.07 Å². The number of carbonyl (C=O) groups is 2. The van der Waals surface area contributed by atoms with Gasteiger partial charge in [0.05, 0.1) is 35.4 Å². The molecule has 0 heterocycles. The van der Waals surface area contributed by atoms with E-state index in [9.17, 15) is 22.8 Å². The lowest BCUT2D eigenvalue weighted by Crippen LogP contribution is -2.36. The van der Waals surface area contributed by atoms with Gasteiger partial charge >= 0.3 is 12.2 Å². The Hall–Kier alpha value is -3.80. The Morgan fingerprint density at radius 3 is 2.55 bits per heavy atom. The lowest BCUT2D eigenvalue weighted by atomic mass is 9.87. The third kappa shape index (κ3) is 5.92. The zero-order valence-electron chi connectivity index (χ0n) is 17.8. The van der Waals surface area contributed by atoms with E-state index in [0.717, 1.165) is 12.1 Å². The summed E-state index contributed by atoms with van der Waals surface area (Å²) in [5, 5.41) is 14.2. The number of ketones is 1. The third-order valence-electron chi connectivity index (χ3n) is 5.11. The number of nitrogens with zero attached hydrogens (tertiary/aromatic N) is 1. The second-order valence-electron chi connectivity index (χ2n) is 7.39. The molecule has 33 heavy (non-hydrogen) atoms. The maximum atomic E-state index is 13.0. The molecule has 0 aromatic heterocycles. The third-order valence-corrected chi connectivity index (χ3v) is 5.11. The van der Waals surface area contributed by atoms with Gasteiger partial charge in [0.15, 0.2) is 5.78 Å². The molecule has 0 saturated carbocycles. The van der Waals surface area contributed by atoms with Crippen LogP contribution in [0, 0.1) is 11.3 Å². The summed E-state index contributed by atoms with van der Waals surface area (Å²) in [6.07, 6.45) is -3.12. The number of amides is 2. The van der Waals surface area contributed by atoms with Gasteiger partial charge in [0.1, 0.15) is 5.76 Å². The molecule has 2 aromatic rings. The molecule has 9 heteroatoms. The van der Waals surface area contributed by atoms with Gasteiger partial charge in [-0.1, -0.05) is 18.2 Å². The number of alkyl halides is 3. The predicted molar refractivity (Wildman–Crippen MR) is 115 cm³/mol. The van der Waals surface area contributed by atoms with Crippen LogP contribution >= 0.6 is 0 Å². The molecular weight excluding hydrogens is 435 g/mol. The van der Waals surface area contributed by atoms with E-state index < -0.39 is 23.8 Å². The Labute approximate surface area is 189 Å². The second-order valence-corrected chi connectivity index (χ2v) is 7.39. The number of halogens is 3. The fraction of sp³-hybridized carbons (Fsp3) is 0.292. The molecule has 2 amide bonds. The largest absolute Gasteiger partial charge is 0.498 e. The van der Waals surface area contributed by atoms with Crippen molar-refractivity contribution in [2.24, 2.45) is 0 Å². The molecule has 3 rings (SSSR count). The van der Waals surface area contributed by atoms with Crippen molar-refractivity contribution >= 4 is 17.5 Å². The van der Waals surface area contributed by atoms with Crippen LogP contribution in [-0.4, -0.2) is 18.4 Å². The van der Waals surface area contributed by atoms with E-state index in [4.69, 9.17) is 10.00 Å². The zero-order valence-corrected chi connectivity index (χ0v) is 17.8. The molecule has 6 nitrogen and oxygen atoms in total. The molecule has 1 atom stereocenters. The fourth-order valence-corrected chi connectivity index (χ4v) is 3.62. The molecule has 1 aliphatic carbocycles. The molecule has 1 unspecified atom stereocenters. The lowest BCUT2D eigenvalue weighted by molar-refractivity contribution is -0.137. The Morgan fingerprint density at radius 1 is 1.18 bits per heavy atom. The Bertz CT molecular complexity index is 1100. The number of urea groups is 1. The smallest absolute Gasteiger partial charge is 0.416 e. The van der Waals surface area contributed by atoms with E-state index in [1.165, 1.54) is 12.1 Å². The Morgan fingerprint density at radius 2 is 1.91 bits per heavy atom. The maximum Gasteiger partial charge on any atom is 0.416 e. The molecule has 0 aliphatic heterocycles. The number of Topliss-reactive ketones (excluding diaryl/α,β-unsaturated/α-hetero) is 1. The summed E-state index contributed by atoms with van der Waals surface area (Å²) in [5.74, 6) is 0.293. The number of hydrogen-bond donors (Lipinski definition) is 2. The van der Waals surface area contributed by atoms with E-state index >= 15 is 0 Å². The van der Waals surface area contributed by atoms with Crippen LogP contribution in [0.1, 0.15) is 48.9 Å². The summed E-state index contributed by atoms with van der Waals surface area (Å²) in [7, 11) is 0. The standard InChI is InChI=1S/C24H22F3N3O3/c1-2-33-20-8-4-7-19(31)21(20)22(16-11-9-15(14-28)10-12-16)30-23(32)29-18-6-3-5-17(13-18)24(25,26)27/h3,5-6,9-13,22H,2,4,7-8H2,1H3,(H2,29,30,32). The summed E-state index contributed by atoms with van der Waals surface area (Å²) in [4.78, 5) is 25.6. The Balaban J connectivity index is 1.94. The van der Waals surface area contributed by atoms with Crippen LogP contribution in [0.4, 0.5) is 23.7 Å². The average molecular weight is 457 g/mol. The van der Waals surface area contributed by atoms with E-state index in [2.05, 4.69) is 10.6 Å². The van der Waals surface area contributed by atoms with Crippen LogP contribution in [0.25, 0.3) is 0 Å². The van der Waals surface area contributed by atoms with Crippen molar-refractivity contribution in [3.05, 3.63) is 76.6 Å². The van der Waals surface area contributed by atoms with Crippen molar-refractivity contribution in [3.63, 3.8) is 0 Å². The van der Waals surface area contributed by atoms with Gasteiger partial charge in [0, 0.05) is 18.5 Å². The maximum absolute atomic E-state index is 13.0. The fourth-order valence-electron chi connectivity index (χ4n) is 3.62. The van der Waals surface area contributed by atoms with Gasteiger partial charge in [-0.25, -0.2) is 4.79 Å². The monoisotopic (exact) mass is 457 g/mol. The average Bonchev–Trinajstić information content (AvgIpc) is 2.78. The first kappa shape index (κ1) is 23.9. The van der Waals surface area contributed by atoms with Gasteiger partial charge in [-0.3, -0.25) is 4.79 Å². The molecule has 2 aromatic carbocycles. The predicted octanol–water partition coefficient (Wildman–Crippen LogP) is 5.48. The van der Waals surface area contributed by atoms with Gasteiger partial charge in [0.25, 0.3) is 0 Å². The number of allylic oxidation sites excluding steroid dienone is 1. The molecule has 0 fully saturated rings. The van der Waals surface area contributed by atoms with E-state index in [0.29, 0.717) is 41.9 Å². The first-order valence-electron chi connectivity index (χ1n) is 10.4. The Kier molecular flexibility index (Phi) is 7.38. The van der Waals surface area contributed by atoms with Crippen LogP contribution in [0.2, 0.25) is 0 Å². The summed E-state index contributed by atoms with van der Waals surface area (Å²) in [6, 6.07) is 10.9. The number of benzene rings is 2. The van der Waals surface area contributed by atoms with Crippen LogP contribution < -0.4 is 10.6 Å². The van der Waals surface area contributed by atoms with Gasteiger partial charge in [0.2, 0.25) is 0 Å². The molecule has 0 saturated heterocycles. The molecule has 0 radical (unpaired) electrons. The first-order valence-corrected chi connectivity index (χ1v) is 10.4. The molecule has 0 bridgehead atoms. The van der Waals surface area contributed by atoms with Crippen LogP contribution in [0.3, 0.4) is 0 Å². The summed E-state index contributed by atoms with van der Waals surface area (Å²) in [5.41, 5.74) is 0.296. The SMILES string of the molecule is CCOC1=C(C(NC(=O)Nc2cccc(C(F)(F)F)c2)c2ccc(C#N)cc2)C(=O)CCC1. The van der Waals surface area contributed by atoms with E-state index in [1.807, 2.05) is 6.07 Å². The molecular formula is C24H22F3N3O3. The van der Waals surface area contributed by atoms with Gasteiger partial charge in [-0.15, -0.1) is 0 Å². The minimum atomic E-state index is -4.55. The number of nitrogens with one attached hydrogen (secondary N) is 2. The number of ether oxygens (including phenoxy) is 1. The summed E-state index contributed by atoms with van der Waals surface area (Å²) >= 11 is 0. The van der Waals surface area contributed by atoms with Crippen molar-refractivity contribution in [2.45, 2.75) is 38.4 Å². The highest BCUT2D eigenvalue weighted by molar-refractivity contribution is 5.99. The molecule has 0 spiro atoms. The van der Waals surface area contributed by atoms with Crippen molar-refractivity contribution in [1.29, 1.82) is 5.26 Å². The van der Waals surface area contributed by atoms with E-state index in [-0.39, 0.29) is 17.9 Å². The topological polar surface area (TPSA) is 91.2 Å².